The van der Waals surface area contributed by atoms with Gasteiger partial charge in [0.15, 0.2) is 0 Å². The van der Waals surface area contributed by atoms with Crippen LogP contribution in [-0.4, -0.2) is 16.0 Å². The van der Waals surface area contributed by atoms with E-state index in [1.807, 2.05) is 0 Å². The molecule has 0 aromatic heterocycles. The average Bonchev–Trinajstić information content (AvgIpc) is 2.46. The molecule has 0 heterocycles. The van der Waals surface area contributed by atoms with E-state index in [1.165, 1.54) is 30.3 Å². The molecule has 0 aliphatic heterocycles. The fourth-order valence-corrected chi connectivity index (χ4v) is 1.86. The molecular formula is C14H10ClNO5. The number of nitrogens with zero attached hydrogens (tertiary/aromatic N) is 1. The number of rotatable bonds is 5. The first-order valence-corrected chi connectivity index (χ1v) is 6.24. The fraction of sp³-hybridized carbons (Fsp3) is 0.0714. The summed E-state index contributed by atoms with van der Waals surface area (Å²) in [4.78, 5) is 20.8. The Bertz CT molecular complexity index is 684. The second kappa shape index (κ2) is 6.23. The minimum atomic E-state index is -1.07. The summed E-state index contributed by atoms with van der Waals surface area (Å²) in [5.41, 5.74) is 0.809. The number of nitro groups is 1. The number of benzene rings is 2. The molecular weight excluding hydrogens is 298 g/mol. The van der Waals surface area contributed by atoms with Crippen molar-refractivity contribution in [2.24, 2.45) is 0 Å². The molecule has 0 fully saturated rings. The first-order valence-electron chi connectivity index (χ1n) is 5.86. The van der Waals surface area contributed by atoms with E-state index in [4.69, 9.17) is 21.4 Å². The van der Waals surface area contributed by atoms with Crippen molar-refractivity contribution in [2.45, 2.75) is 6.61 Å². The third-order valence-electron chi connectivity index (χ3n) is 2.72. The maximum atomic E-state index is 10.8. The molecule has 0 spiro atoms. The summed E-state index contributed by atoms with van der Waals surface area (Å²) in [7, 11) is 0. The number of hydrogen-bond acceptors (Lipinski definition) is 4. The van der Waals surface area contributed by atoms with Crippen LogP contribution in [0, 0.1) is 10.1 Å². The van der Waals surface area contributed by atoms with Crippen LogP contribution in [0.5, 0.6) is 5.75 Å². The highest BCUT2D eigenvalue weighted by atomic mass is 35.5. The van der Waals surface area contributed by atoms with Crippen molar-refractivity contribution >= 4 is 23.3 Å². The monoisotopic (exact) mass is 307 g/mol. The summed E-state index contributed by atoms with van der Waals surface area (Å²) >= 11 is 5.93. The van der Waals surface area contributed by atoms with E-state index in [0.717, 1.165) is 5.56 Å². The molecule has 1 N–H and O–H groups in total. The third kappa shape index (κ3) is 3.70. The lowest BCUT2D eigenvalue weighted by molar-refractivity contribution is -0.384. The Labute approximate surface area is 124 Å². The Hall–Kier alpha value is -2.60. The molecule has 0 bridgehead atoms. The lowest BCUT2D eigenvalue weighted by Crippen LogP contribution is -1.99. The largest absolute Gasteiger partial charge is 0.487 e. The predicted octanol–water partition coefficient (Wildman–Crippen LogP) is 3.53. The second-order valence-corrected chi connectivity index (χ2v) is 4.57. The molecule has 0 aliphatic rings. The minimum absolute atomic E-state index is 0.00240. The SMILES string of the molecule is O=C(O)c1ccc(OCc2ccc([N+](=O)[O-])cc2)c(Cl)c1. The van der Waals surface area contributed by atoms with Gasteiger partial charge < -0.3 is 9.84 Å². The van der Waals surface area contributed by atoms with E-state index >= 15 is 0 Å². The van der Waals surface area contributed by atoms with Crippen molar-refractivity contribution in [1.29, 1.82) is 0 Å². The van der Waals surface area contributed by atoms with Gasteiger partial charge >= 0.3 is 5.97 Å². The molecule has 0 radical (unpaired) electrons. The molecule has 2 aromatic rings. The lowest BCUT2D eigenvalue weighted by Gasteiger charge is -2.08. The van der Waals surface area contributed by atoms with Crippen molar-refractivity contribution in [3.63, 3.8) is 0 Å². The summed E-state index contributed by atoms with van der Waals surface area (Å²) in [6, 6.07) is 10.1. The molecule has 0 atom stereocenters. The van der Waals surface area contributed by atoms with E-state index < -0.39 is 10.9 Å². The van der Waals surface area contributed by atoms with Crippen LogP contribution in [0.1, 0.15) is 15.9 Å². The average molecular weight is 308 g/mol. The number of halogens is 1. The number of hydrogen-bond donors (Lipinski definition) is 1. The standard InChI is InChI=1S/C14H10ClNO5/c15-12-7-10(14(17)18)3-6-13(12)21-8-9-1-4-11(5-2-9)16(19)20/h1-7H,8H2,(H,17,18). The zero-order valence-electron chi connectivity index (χ0n) is 10.7. The predicted molar refractivity (Wildman–Crippen MR) is 75.8 cm³/mol. The minimum Gasteiger partial charge on any atom is -0.487 e. The summed E-state index contributed by atoms with van der Waals surface area (Å²) in [6.07, 6.45) is 0. The van der Waals surface area contributed by atoms with Gasteiger partial charge in [-0.3, -0.25) is 10.1 Å². The first kappa shape index (κ1) is 14.8. The quantitative estimate of drug-likeness (QED) is 0.674. The molecule has 2 rings (SSSR count). The number of carboxylic acid groups (broad SMARTS) is 1. The normalized spacial score (nSPS) is 10.1. The van der Waals surface area contributed by atoms with Gasteiger partial charge in [0.2, 0.25) is 0 Å². The van der Waals surface area contributed by atoms with Gasteiger partial charge in [0.25, 0.3) is 5.69 Å². The van der Waals surface area contributed by atoms with E-state index in [0.29, 0.717) is 5.75 Å². The van der Waals surface area contributed by atoms with Crippen molar-refractivity contribution in [3.05, 3.63) is 68.7 Å². The van der Waals surface area contributed by atoms with Gasteiger partial charge in [-0.15, -0.1) is 0 Å². The number of ether oxygens (including phenoxy) is 1. The second-order valence-electron chi connectivity index (χ2n) is 4.16. The van der Waals surface area contributed by atoms with E-state index in [2.05, 4.69) is 0 Å². The molecule has 0 unspecified atom stereocenters. The first-order chi connectivity index (χ1) is 9.97. The Morgan fingerprint density at radius 1 is 1.24 bits per heavy atom. The fourth-order valence-electron chi connectivity index (χ4n) is 1.63. The zero-order valence-corrected chi connectivity index (χ0v) is 11.4. The molecule has 7 heteroatoms. The zero-order chi connectivity index (χ0) is 15.4. The lowest BCUT2D eigenvalue weighted by atomic mass is 10.2. The molecule has 6 nitrogen and oxygen atoms in total. The Morgan fingerprint density at radius 3 is 2.43 bits per heavy atom. The molecule has 2 aromatic carbocycles. The van der Waals surface area contributed by atoms with Crippen molar-refractivity contribution < 1.29 is 19.6 Å². The molecule has 0 amide bonds. The number of non-ortho nitro benzene ring substituents is 1. The van der Waals surface area contributed by atoms with Crippen LogP contribution >= 0.6 is 11.6 Å². The van der Waals surface area contributed by atoms with Crippen LogP contribution in [0.15, 0.2) is 42.5 Å². The van der Waals surface area contributed by atoms with Gasteiger partial charge in [-0.2, -0.15) is 0 Å². The summed E-state index contributed by atoms with van der Waals surface area (Å²) in [5.74, 6) is -0.723. The van der Waals surface area contributed by atoms with Gasteiger partial charge in [-0.25, -0.2) is 4.79 Å². The number of carbonyl (C=O) groups is 1. The van der Waals surface area contributed by atoms with Gasteiger partial charge in [0, 0.05) is 12.1 Å². The highest BCUT2D eigenvalue weighted by Crippen LogP contribution is 2.26. The number of aromatic carboxylic acids is 1. The van der Waals surface area contributed by atoms with Crippen molar-refractivity contribution in [1.82, 2.24) is 0 Å². The maximum Gasteiger partial charge on any atom is 0.335 e. The van der Waals surface area contributed by atoms with Crippen LogP contribution in [-0.2, 0) is 6.61 Å². The number of nitro benzene ring substituents is 1. The molecule has 108 valence electrons. The summed E-state index contributed by atoms with van der Waals surface area (Å²) < 4.78 is 5.46. The highest BCUT2D eigenvalue weighted by Gasteiger charge is 2.09. The Morgan fingerprint density at radius 2 is 1.90 bits per heavy atom. The van der Waals surface area contributed by atoms with Crippen LogP contribution in [0.2, 0.25) is 5.02 Å². The van der Waals surface area contributed by atoms with Gasteiger partial charge in [0.05, 0.1) is 15.5 Å². The van der Waals surface area contributed by atoms with E-state index in [-0.39, 0.29) is 22.9 Å². The molecule has 0 saturated carbocycles. The summed E-state index contributed by atoms with van der Waals surface area (Å²) in [5, 5.41) is 19.5. The molecule has 21 heavy (non-hydrogen) atoms. The van der Waals surface area contributed by atoms with Gasteiger partial charge in [-0.05, 0) is 35.9 Å². The number of carboxylic acids is 1. The van der Waals surface area contributed by atoms with E-state index in [9.17, 15) is 14.9 Å². The topological polar surface area (TPSA) is 89.7 Å². The van der Waals surface area contributed by atoms with Crippen LogP contribution in [0.25, 0.3) is 0 Å². The van der Waals surface area contributed by atoms with E-state index in [1.54, 1.807) is 12.1 Å². The smallest absolute Gasteiger partial charge is 0.335 e. The van der Waals surface area contributed by atoms with Crippen LogP contribution < -0.4 is 4.74 Å². The van der Waals surface area contributed by atoms with Crippen molar-refractivity contribution in [3.8, 4) is 5.75 Å². The Balaban J connectivity index is 2.06. The molecule has 0 saturated heterocycles. The highest BCUT2D eigenvalue weighted by molar-refractivity contribution is 6.32. The molecule has 0 aliphatic carbocycles. The third-order valence-corrected chi connectivity index (χ3v) is 3.02. The van der Waals surface area contributed by atoms with Gasteiger partial charge in [-0.1, -0.05) is 11.6 Å². The maximum absolute atomic E-state index is 10.8. The van der Waals surface area contributed by atoms with Gasteiger partial charge in [0.1, 0.15) is 12.4 Å². The van der Waals surface area contributed by atoms with Crippen molar-refractivity contribution in [2.75, 3.05) is 0 Å². The van der Waals surface area contributed by atoms with Crippen LogP contribution in [0.3, 0.4) is 0 Å². The summed E-state index contributed by atoms with van der Waals surface area (Å²) in [6.45, 7) is 0.171. The Kier molecular flexibility index (Phi) is 4.39. The van der Waals surface area contributed by atoms with Crippen LogP contribution in [0.4, 0.5) is 5.69 Å².